The van der Waals surface area contributed by atoms with Gasteiger partial charge in [0.1, 0.15) is 0 Å². The highest BCUT2D eigenvalue weighted by atomic mass is 15.2. The summed E-state index contributed by atoms with van der Waals surface area (Å²) in [6, 6.07) is 9.62. The van der Waals surface area contributed by atoms with E-state index in [2.05, 4.69) is 53.4 Å². The smallest absolute Gasteiger partial charge is 0.0456 e. The molecule has 3 heteroatoms. The molecular weight excluding hydrogens is 222 g/mol. The molecule has 1 unspecified atom stereocenters. The second-order valence-corrected chi connectivity index (χ2v) is 5.42. The van der Waals surface area contributed by atoms with E-state index in [-0.39, 0.29) is 0 Å². The lowest BCUT2D eigenvalue weighted by atomic mass is 10.0. The third-order valence-electron chi connectivity index (χ3n) is 3.94. The fourth-order valence-electron chi connectivity index (χ4n) is 2.82. The van der Waals surface area contributed by atoms with Crippen LogP contribution in [-0.2, 0) is 6.42 Å². The number of hydrogen-bond donors (Lipinski definition) is 2. The molecule has 1 fully saturated rings. The molecule has 0 bridgehead atoms. The van der Waals surface area contributed by atoms with E-state index in [9.17, 15) is 0 Å². The largest absolute Gasteiger partial charge is 0.359 e. The summed E-state index contributed by atoms with van der Waals surface area (Å²) in [7, 11) is 2.23. The second kappa shape index (κ2) is 4.75. The molecule has 3 rings (SSSR count). The van der Waals surface area contributed by atoms with Gasteiger partial charge in [-0.05, 0) is 49.5 Å². The van der Waals surface area contributed by atoms with E-state index in [1.165, 1.54) is 22.2 Å². The van der Waals surface area contributed by atoms with Crippen LogP contribution in [0.1, 0.15) is 11.3 Å². The molecule has 0 saturated carbocycles. The molecule has 1 aromatic heterocycles. The predicted octanol–water partition coefficient (Wildman–Crippen LogP) is 1.92. The van der Waals surface area contributed by atoms with Gasteiger partial charge in [0, 0.05) is 36.9 Å². The first-order valence-electron chi connectivity index (χ1n) is 6.71. The molecule has 96 valence electrons. The fourth-order valence-corrected chi connectivity index (χ4v) is 2.82. The van der Waals surface area contributed by atoms with Crippen LogP contribution in [0.4, 0.5) is 0 Å². The molecule has 1 aromatic carbocycles. The Morgan fingerprint density at radius 3 is 3.06 bits per heavy atom. The number of hydrogen-bond acceptors (Lipinski definition) is 2. The number of aromatic nitrogens is 1. The van der Waals surface area contributed by atoms with Gasteiger partial charge in [0.15, 0.2) is 0 Å². The fraction of sp³-hybridized carbons (Fsp3) is 0.467. The number of H-pyrrole nitrogens is 1. The Kier molecular flexibility index (Phi) is 3.10. The number of nitrogens with zero attached hydrogens (tertiary/aromatic N) is 1. The Morgan fingerprint density at radius 1 is 1.33 bits per heavy atom. The van der Waals surface area contributed by atoms with Crippen LogP contribution in [0, 0.1) is 6.92 Å². The molecule has 1 aliphatic heterocycles. The van der Waals surface area contributed by atoms with Crippen molar-refractivity contribution in [2.75, 3.05) is 26.7 Å². The molecule has 1 saturated heterocycles. The number of benzene rings is 1. The number of rotatable bonds is 2. The minimum atomic E-state index is 0.622. The van der Waals surface area contributed by atoms with Gasteiger partial charge in [0.25, 0.3) is 0 Å². The van der Waals surface area contributed by atoms with E-state index < -0.39 is 0 Å². The van der Waals surface area contributed by atoms with E-state index >= 15 is 0 Å². The summed E-state index contributed by atoms with van der Waals surface area (Å²) in [5.41, 5.74) is 3.91. The molecule has 2 aromatic rings. The number of aryl methyl sites for hydroxylation is 1. The Morgan fingerprint density at radius 2 is 2.22 bits per heavy atom. The maximum absolute atomic E-state index is 3.48. The first-order valence-corrected chi connectivity index (χ1v) is 6.71. The SMILES string of the molecule is Cc1cc2cc(CC3CNCCN3C)ccc2[nH]1. The zero-order chi connectivity index (χ0) is 12.5. The summed E-state index contributed by atoms with van der Waals surface area (Å²) in [5, 5.41) is 4.81. The second-order valence-electron chi connectivity index (χ2n) is 5.42. The van der Waals surface area contributed by atoms with Gasteiger partial charge in [-0.2, -0.15) is 0 Å². The summed E-state index contributed by atoms with van der Waals surface area (Å²) >= 11 is 0. The predicted molar refractivity (Wildman–Crippen MR) is 76.0 cm³/mol. The van der Waals surface area contributed by atoms with Gasteiger partial charge < -0.3 is 15.2 Å². The summed E-state index contributed by atoms with van der Waals surface area (Å²) < 4.78 is 0. The number of aromatic amines is 1. The highest BCUT2D eigenvalue weighted by molar-refractivity contribution is 5.81. The van der Waals surface area contributed by atoms with Gasteiger partial charge >= 0.3 is 0 Å². The molecular formula is C15H21N3. The van der Waals surface area contributed by atoms with Crippen molar-refractivity contribution in [2.45, 2.75) is 19.4 Å². The summed E-state index contributed by atoms with van der Waals surface area (Å²) in [6.45, 7) is 5.47. The highest BCUT2D eigenvalue weighted by Gasteiger charge is 2.18. The molecule has 1 aliphatic rings. The lowest BCUT2D eigenvalue weighted by Gasteiger charge is -2.33. The number of nitrogens with one attached hydrogen (secondary N) is 2. The van der Waals surface area contributed by atoms with Crippen LogP contribution in [-0.4, -0.2) is 42.6 Å². The maximum atomic E-state index is 3.48. The average Bonchev–Trinajstić information content (AvgIpc) is 2.71. The Labute approximate surface area is 108 Å². The zero-order valence-corrected chi connectivity index (χ0v) is 11.2. The molecule has 18 heavy (non-hydrogen) atoms. The van der Waals surface area contributed by atoms with Gasteiger partial charge in [0.05, 0.1) is 0 Å². The molecule has 2 heterocycles. The molecule has 0 amide bonds. The summed E-state index contributed by atoms with van der Waals surface area (Å²) in [5.74, 6) is 0. The number of likely N-dealkylation sites (N-methyl/N-ethyl adjacent to an activating group) is 1. The Bertz CT molecular complexity index is 544. The lowest BCUT2D eigenvalue weighted by Crippen LogP contribution is -2.50. The monoisotopic (exact) mass is 243 g/mol. The van der Waals surface area contributed by atoms with Crippen molar-refractivity contribution in [1.82, 2.24) is 15.2 Å². The van der Waals surface area contributed by atoms with E-state index in [1.807, 2.05) is 0 Å². The van der Waals surface area contributed by atoms with E-state index in [0.717, 1.165) is 26.1 Å². The first kappa shape index (κ1) is 11.8. The van der Waals surface area contributed by atoms with Crippen LogP contribution in [0.15, 0.2) is 24.3 Å². The standard InChI is InChI=1S/C15H21N3/c1-11-7-13-8-12(3-4-15(13)17-11)9-14-10-16-5-6-18(14)2/h3-4,7-8,14,16-17H,5-6,9-10H2,1-2H3. The highest BCUT2D eigenvalue weighted by Crippen LogP contribution is 2.18. The zero-order valence-electron chi connectivity index (χ0n) is 11.2. The third kappa shape index (κ3) is 2.28. The summed E-state index contributed by atoms with van der Waals surface area (Å²) in [6.07, 6.45) is 1.13. The van der Waals surface area contributed by atoms with Crippen LogP contribution in [0.5, 0.6) is 0 Å². The van der Waals surface area contributed by atoms with Crippen LogP contribution in [0.2, 0.25) is 0 Å². The van der Waals surface area contributed by atoms with Crippen LogP contribution >= 0.6 is 0 Å². The van der Waals surface area contributed by atoms with Gasteiger partial charge in [-0.3, -0.25) is 0 Å². The quantitative estimate of drug-likeness (QED) is 0.844. The van der Waals surface area contributed by atoms with E-state index in [1.54, 1.807) is 0 Å². The van der Waals surface area contributed by atoms with Gasteiger partial charge in [-0.15, -0.1) is 0 Å². The normalized spacial score (nSPS) is 21.6. The van der Waals surface area contributed by atoms with Crippen LogP contribution < -0.4 is 5.32 Å². The third-order valence-corrected chi connectivity index (χ3v) is 3.94. The summed E-state index contributed by atoms with van der Waals surface area (Å²) in [4.78, 5) is 5.84. The molecule has 1 atom stereocenters. The van der Waals surface area contributed by atoms with Gasteiger partial charge in [-0.25, -0.2) is 0 Å². The van der Waals surface area contributed by atoms with Crippen LogP contribution in [0.3, 0.4) is 0 Å². The molecule has 2 N–H and O–H groups in total. The van der Waals surface area contributed by atoms with Crippen molar-refractivity contribution in [1.29, 1.82) is 0 Å². The Hall–Kier alpha value is -1.32. The van der Waals surface area contributed by atoms with E-state index in [0.29, 0.717) is 6.04 Å². The maximum Gasteiger partial charge on any atom is 0.0456 e. The topological polar surface area (TPSA) is 31.1 Å². The number of fused-ring (bicyclic) bond motifs is 1. The Balaban J connectivity index is 1.81. The van der Waals surface area contributed by atoms with Crippen molar-refractivity contribution < 1.29 is 0 Å². The van der Waals surface area contributed by atoms with Crippen molar-refractivity contribution in [3.8, 4) is 0 Å². The van der Waals surface area contributed by atoms with Gasteiger partial charge in [-0.1, -0.05) is 6.07 Å². The van der Waals surface area contributed by atoms with Crippen molar-refractivity contribution in [3.05, 3.63) is 35.5 Å². The number of piperazine rings is 1. The average molecular weight is 243 g/mol. The van der Waals surface area contributed by atoms with E-state index in [4.69, 9.17) is 0 Å². The molecule has 0 radical (unpaired) electrons. The minimum absolute atomic E-state index is 0.622. The molecule has 0 spiro atoms. The van der Waals surface area contributed by atoms with Crippen molar-refractivity contribution in [2.24, 2.45) is 0 Å². The lowest BCUT2D eigenvalue weighted by molar-refractivity contribution is 0.199. The first-order chi connectivity index (χ1) is 8.72. The molecule has 0 aliphatic carbocycles. The molecule has 3 nitrogen and oxygen atoms in total. The van der Waals surface area contributed by atoms with Crippen molar-refractivity contribution in [3.63, 3.8) is 0 Å². The van der Waals surface area contributed by atoms with Crippen LogP contribution in [0.25, 0.3) is 10.9 Å². The van der Waals surface area contributed by atoms with Gasteiger partial charge in [0.2, 0.25) is 0 Å². The van der Waals surface area contributed by atoms with Crippen molar-refractivity contribution >= 4 is 10.9 Å². The minimum Gasteiger partial charge on any atom is -0.359 e.